The first-order valence-electron chi connectivity index (χ1n) is 6.12. The number of rotatable bonds is 1. The highest BCUT2D eigenvalue weighted by atomic mass is 19.1. The van der Waals surface area contributed by atoms with Crippen LogP contribution in [-0.4, -0.2) is 13.1 Å². The van der Waals surface area contributed by atoms with Gasteiger partial charge in [-0.25, -0.2) is 4.39 Å². The van der Waals surface area contributed by atoms with E-state index in [2.05, 4.69) is 35.3 Å². The molecule has 2 nitrogen and oxygen atoms in total. The van der Waals surface area contributed by atoms with Crippen LogP contribution >= 0.6 is 0 Å². The Balaban J connectivity index is 2.05. The third-order valence-electron chi connectivity index (χ3n) is 3.23. The van der Waals surface area contributed by atoms with Crippen molar-refractivity contribution in [3.8, 4) is 0 Å². The Morgan fingerprint density at radius 2 is 1.89 bits per heavy atom. The highest BCUT2D eigenvalue weighted by Gasteiger charge is 2.17. The molecule has 2 aromatic rings. The second-order valence-corrected chi connectivity index (χ2v) is 4.58. The molecule has 1 N–H and O–H groups in total. The maximum atomic E-state index is 13.0. The molecule has 0 saturated heterocycles. The third-order valence-corrected chi connectivity index (χ3v) is 3.23. The molecule has 3 rings (SSSR count). The van der Waals surface area contributed by atoms with Crippen LogP contribution in [0.3, 0.4) is 0 Å². The summed E-state index contributed by atoms with van der Waals surface area (Å²) in [5, 5.41) is 3.39. The highest BCUT2D eigenvalue weighted by Crippen LogP contribution is 2.35. The Kier molecular flexibility index (Phi) is 2.67. The zero-order valence-electron chi connectivity index (χ0n) is 10.3. The number of hydrogen-bond acceptors (Lipinski definition) is 2. The zero-order chi connectivity index (χ0) is 12.5. The van der Waals surface area contributed by atoms with E-state index in [9.17, 15) is 4.39 Å². The number of halogens is 1. The molecular formula is C15H15FN2. The SMILES string of the molecule is Cc1ccc2c(c1)N(c1ccc(F)cc1)CCN2. The van der Waals surface area contributed by atoms with Gasteiger partial charge in [0.25, 0.3) is 0 Å². The lowest BCUT2D eigenvalue weighted by atomic mass is 10.1. The summed E-state index contributed by atoms with van der Waals surface area (Å²) < 4.78 is 13.0. The van der Waals surface area contributed by atoms with E-state index in [1.807, 2.05) is 12.1 Å². The van der Waals surface area contributed by atoms with Gasteiger partial charge in [-0.05, 0) is 48.9 Å². The molecule has 0 unspecified atom stereocenters. The van der Waals surface area contributed by atoms with E-state index in [4.69, 9.17) is 0 Å². The molecule has 3 heteroatoms. The quantitative estimate of drug-likeness (QED) is 0.820. The van der Waals surface area contributed by atoms with Crippen molar-refractivity contribution in [2.24, 2.45) is 0 Å². The van der Waals surface area contributed by atoms with Gasteiger partial charge in [0.15, 0.2) is 0 Å². The summed E-state index contributed by atoms with van der Waals surface area (Å²) >= 11 is 0. The second kappa shape index (κ2) is 4.33. The van der Waals surface area contributed by atoms with Crippen LogP contribution in [0.15, 0.2) is 42.5 Å². The van der Waals surface area contributed by atoms with Gasteiger partial charge in [0.2, 0.25) is 0 Å². The molecule has 2 aromatic carbocycles. The average Bonchev–Trinajstić information content (AvgIpc) is 2.39. The molecule has 0 saturated carbocycles. The van der Waals surface area contributed by atoms with Gasteiger partial charge in [0.1, 0.15) is 5.82 Å². The maximum absolute atomic E-state index is 13.0. The molecule has 0 aromatic heterocycles. The summed E-state index contributed by atoms with van der Waals surface area (Å²) in [5.41, 5.74) is 4.55. The van der Waals surface area contributed by atoms with Gasteiger partial charge in [-0.2, -0.15) is 0 Å². The summed E-state index contributed by atoms with van der Waals surface area (Å²) in [5.74, 6) is -0.196. The minimum atomic E-state index is -0.196. The number of nitrogens with zero attached hydrogens (tertiary/aromatic N) is 1. The smallest absolute Gasteiger partial charge is 0.123 e. The lowest BCUT2D eigenvalue weighted by molar-refractivity contribution is 0.627. The van der Waals surface area contributed by atoms with Gasteiger partial charge in [-0.3, -0.25) is 0 Å². The lowest BCUT2D eigenvalue weighted by Gasteiger charge is -2.32. The van der Waals surface area contributed by atoms with E-state index >= 15 is 0 Å². The number of benzene rings is 2. The van der Waals surface area contributed by atoms with Crippen molar-refractivity contribution in [1.82, 2.24) is 0 Å². The first kappa shape index (κ1) is 11.1. The Hall–Kier alpha value is -2.03. The van der Waals surface area contributed by atoms with Crippen LogP contribution in [0.2, 0.25) is 0 Å². The molecule has 0 aliphatic carbocycles. The van der Waals surface area contributed by atoms with Gasteiger partial charge in [0.05, 0.1) is 11.4 Å². The van der Waals surface area contributed by atoms with E-state index in [0.717, 1.165) is 30.2 Å². The van der Waals surface area contributed by atoms with Crippen molar-refractivity contribution in [2.45, 2.75) is 6.92 Å². The van der Waals surface area contributed by atoms with Crippen molar-refractivity contribution in [2.75, 3.05) is 23.3 Å². The Bertz CT molecular complexity index is 563. The molecule has 0 radical (unpaired) electrons. The molecule has 18 heavy (non-hydrogen) atoms. The molecule has 1 aliphatic rings. The van der Waals surface area contributed by atoms with Crippen LogP contribution in [-0.2, 0) is 0 Å². The molecular weight excluding hydrogens is 227 g/mol. The van der Waals surface area contributed by atoms with Crippen LogP contribution in [0.4, 0.5) is 21.5 Å². The Morgan fingerprint density at radius 1 is 1.11 bits per heavy atom. The molecule has 0 bridgehead atoms. The fourth-order valence-electron chi connectivity index (χ4n) is 2.33. The van der Waals surface area contributed by atoms with Crippen molar-refractivity contribution < 1.29 is 4.39 Å². The molecule has 0 spiro atoms. The van der Waals surface area contributed by atoms with Crippen LogP contribution < -0.4 is 10.2 Å². The average molecular weight is 242 g/mol. The zero-order valence-corrected chi connectivity index (χ0v) is 10.3. The first-order chi connectivity index (χ1) is 8.74. The van der Waals surface area contributed by atoms with Crippen LogP contribution in [0, 0.1) is 12.7 Å². The summed E-state index contributed by atoms with van der Waals surface area (Å²) in [6.07, 6.45) is 0. The molecule has 0 fully saturated rings. The number of hydrogen-bond donors (Lipinski definition) is 1. The molecule has 92 valence electrons. The van der Waals surface area contributed by atoms with Gasteiger partial charge in [-0.1, -0.05) is 6.07 Å². The van der Waals surface area contributed by atoms with Crippen LogP contribution in [0.5, 0.6) is 0 Å². The normalized spacial score (nSPS) is 14.0. The molecule has 0 amide bonds. The molecule has 0 atom stereocenters. The summed E-state index contributed by atoms with van der Waals surface area (Å²) in [6, 6.07) is 13.0. The fraction of sp³-hybridized carbons (Fsp3) is 0.200. The number of aryl methyl sites for hydroxylation is 1. The standard InChI is InChI=1S/C15H15FN2/c1-11-2-7-14-15(10-11)18(9-8-17-14)13-5-3-12(16)4-6-13/h2-7,10,17H,8-9H2,1H3. The van der Waals surface area contributed by atoms with Gasteiger partial charge >= 0.3 is 0 Å². The van der Waals surface area contributed by atoms with Gasteiger partial charge in [-0.15, -0.1) is 0 Å². The van der Waals surface area contributed by atoms with E-state index in [1.165, 1.54) is 17.7 Å². The summed E-state index contributed by atoms with van der Waals surface area (Å²) in [4.78, 5) is 2.22. The number of nitrogens with one attached hydrogen (secondary N) is 1. The lowest BCUT2D eigenvalue weighted by Crippen LogP contribution is -2.30. The van der Waals surface area contributed by atoms with Crippen molar-refractivity contribution >= 4 is 17.1 Å². The predicted octanol–water partition coefficient (Wildman–Crippen LogP) is 3.70. The predicted molar refractivity (Wildman–Crippen MR) is 73.1 cm³/mol. The third kappa shape index (κ3) is 1.92. The van der Waals surface area contributed by atoms with Crippen LogP contribution in [0.25, 0.3) is 0 Å². The van der Waals surface area contributed by atoms with Crippen molar-refractivity contribution in [3.05, 3.63) is 53.8 Å². The van der Waals surface area contributed by atoms with Crippen LogP contribution in [0.1, 0.15) is 5.56 Å². The monoisotopic (exact) mass is 242 g/mol. The summed E-state index contributed by atoms with van der Waals surface area (Å²) in [6.45, 7) is 3.87. The Labute approximate surface area is 106 Å². The van der Waals surface area contributed by atoms with E-state index in [-0.39, 0.29) is 5.82 Å². The van der Waals surface area contributed by atoms with E-state index < -0.39 is 0 Å². The van der Waals surface area contributed by atoms with Gasteiger partial charge < -0.3 is 10.2 Å². The largest absolute Gasteiger partial charge is 0.382 e. The number of fused-ring (bicyclic) bond motifs is 1. The highest BCUT2D eigenvalue weighted by molar-refractivity contribution is 5.79. The van der Waals surface area contributed by atoms with Gasteiger partial charge in [0, 0.05) is 18.8 Å². The minimum absolute atomic E-state index is 0.196. The molecule has 1 heterocycles. The van der Waals surface area contributed by atoms with Crippen molar-refractivity contribution in [1.29, 1.82) is 0 Å². The van der Waals surface area contributed by atoms with E-state index in [1.54, 1.807) is 0 Å². The fourth-order valence-corrected chi connectivity index (χ4v) is 2.33. The number of anilines is 3. The summed E-state index contributed by atoms with van der Waals surface area (Å²) in [7, 11) is 0. The molecule has 1 aliphatic heterocycles. The van der Waals surface area contributed by atoms with Crippen molar-refractivity contribution in [3.63, 3.8) is 0 Å². The topological polar surface area (TPSA) is 15.3 Å². The van der Waals surface area contributed by atoms with E-state index in [0.29, 0.717) is 0 Å². The maximum Gasteiger partial charge on any atom is 0.123 e. The first-order valence-corrected chi connectivity index (χ1v) is 6.12. The minimum Gasteiger partial charge on any atom is -0.382 e. The Morgan fingerprint density at radius 3 is 2.67 bits per heavy atom. The second-order valence-electron chi connectivity index (χ2n) is 4.58.